The third-order valence-electron chi connectivity index (χ3n) is 2.65. The van der Waals surface area contributed by atoms with Crippen molar-refractivity contribution in [3.63, 3.8) is 0 Å². The summed E-state index contributed by atoms with van der Waals surface area (Å²) in [5.41, 5.74) is 2.35. The molecule has 1 aromatic heterocycles. The maximum absolute atomic E-state index is 5.89. The van der Waals surface area contributed by atoms with Gasteiger partial charge in [0.2, 0.25) is 0 Å². The first-order chi connectivity index (χ1) is 9.35. The van der Waals surface area contributed by atoms with Crippen LogP contribution >= 0.6 is 42.9 Å². The van der Waals surface area contributed by atoms with Gasteiger partial charge in [-0.2, -0.15) is 0 Å². The third kappa shape index (κ3) is 5.40. The van der Waals surface area contributed by atoms with Crippen molar-refractivity contribution in [1.29, 1.82) is 0 Å². The predicted octanol–water partition coefficient (Wildman–Crippen LogP) is 5.56. The number of aryl methyl sites for hydroxylation is 2. The van der Waals surface area contributed by atoms with Crippen LogP contribution in [0.3, 0.4) is 0 Å². The summed E-state index contributed by atoms with van der Waals surface area (Å²) in [5.74, 6) is 2.07. The minimum absolute atomic E-state index is 0.962. The van der Waals surface area contributed by atoms with Gasteiger partial charge in [0.25, 0.3) is 0 Å². The fourth-order valence-electron chi connectivity index (χ4n) is 1.87. The van der Waals surface area contributed by atoms with Gasteiger partial charge in [0.1, 0.15) is 0 Å². The predicted molar refractivity (Wildman–Crippen MR) is 93.6 cm³/mol. The van der Waals surface area contributed by atoms with Gasteiger partial charge in [0, 0.05) is 16.6 Å². The zero-order valence-corrected chi connectivity index (χ0v) is 15.9. The van der Waals surface area contributed by atoms with Gasteiger partial charge in [-0.1, -0.05) is 54.1 Å². The molecule has 0 spiro atoms. The fraction of sp³-hybridized carbons (Fsp3) is 0.333. The van der Waals surface area contributed by atoms with E-state index < -0.39 is 0 Å². The van der Waals surface area contributed by atoms with E-state index in [1.165, 1.54) is 5.56 Å². The average Bonchev–Trinajstić information content (AvgIpc) is 2.86. The van der Waals surface area contributed by atoms with Gasteiger partial charge in [-0.3, -0.25) is 0 Å². The summed E-state index contributed by atoms with van der Waals surface area (Å²) in [6.45, 7) is 2.18. The molecule has 0 aliphatic rings. The Labute approximate surface area is 148 Å². The van der Waals surface area contributed by atoms with Gasteiger partial charge in [-0.05, 0) is 12.2 Å². The van der Waals surface area contributed by atoms with Crippen LogP contribution < -0.4 is 0 Å². The molecule has 1 nitrogen and oxygen atoms in total. The van der Waals surface area contributed by atoms with Crippen molar-refractivity contribution < 1.29 is 17.2 Å². The Morgan fingerprint density at radius 2 is 1.84 bits per heavy atom. The van der Waals surface area contributed by atoms with Crippen molar-refractivity contribution in [1.82, 2.24) is 0 Å². The quantitative estimate of drug-likeness (QED) is 0.214. The monoisotopic (exact) mass is 529 g/mol. The van der Waals surface area contributed by atoms with Crippen LogP contribution in [-0.4, -0.2) is 4.43 Å². The van der Waals surface area contributed by atoms with Crippen LogP contribution in [0.25, 0.3) is 11.1 Å². The van der Waals surface area contributed by atoms with Crippen molar-refractivity contribution in [3.8, 4) is 11.1 Å². The number of rotatable bonds is 5. The van der Waals surface area contributed by atoms with Gasteiger partial charge >= 0.3 is 33.1 Å². The molecule has 2 aromatic rings. The third-order valence-corrected chi connectivity index (χ3v) is 3.19. The first-order valence-electron chi connectivity index (χ1n) is 6.11. The molecular formula is C15H16CuI2O. The summed E-state index contributed by atoms with van der Waals surface area (Å²) in [5, 5.41) is 0. The molecule has 0 aliphatic heterocycles. The van der Waals surface area contributed by atoms with Crippen LogP contribution in [-0.2, 0) is 25.6 Å². The summed E-state index contributed by atoms with van der Waals surface area (Å²) < 4.78 is 6.96. The zero-order valence-electron chi connectivity index (χ0n) is 10.7. The summed E-state index contributed by atoms with van der Waals surface area (Å²) in [6.07, 6.45) is 3.05. The Morgan fingerprint density at radius 3 is 2.42 bits per heavy atom. The van der Waals surface area contributed by atoms with E-state index in [2.05, 4.69) is 72.6 Å². The van der Waals surface area contributed by atoms with Crippen molar-refractivity contribution in [3.05, 3.63) is 47.9 Å². The second kappa shape index (κ2) is 10.2. The Balaban J connectivity index is 0.000000861. The van der Waals surface area contributed by atoms with E-state index >= 15 is 0 Å². The summed E-state index contributed by atoms with van der Waals surface area (Å²) in [4.78, 5) is 0. The molecule has 19 heavy (non-hydrogen) atoms. The van der Waals surface area contributed by atoms with E-state index in [9.17, 15) is 0 Å². The van der Waals surface area contributed by atoms with E-state index in [0.29, 0.717) is 0 Å². The van der Waals surface area contributed by atoms with Crippen molar-refractivity contribution in [2.24, 2.45) is 0 Å². The van der Waals surface area contributed by atoms with Crippen molar-refractivity contribution >= 4 is 42.9 Å². The van der Waals surface area contributed by atoms with Gasteiger partial charge in [-0.25, -0.2) is 0 Å². The van der Waals surface area contributed by atoms with E-state index in [-0.39, 0.29) is 0 Å². The zero-order chi connectivity index (χ0) is 14.1. The molecule has 0 aliphatic carbocycles. The molecule has 4 heteroatoms. The average molecular weight is 530 g/mol. The molecule has 1 heterocycles. The Kier molecular flexibility index (Phi) is 9.45. The molecule has 0 radical (unpaired) electrons. The molecular weight excluding hydrogens is 514 g/mol. The molecule has 0 atom stereocenters. The Hall–Kier alpha value is 0.479. The van der Waals surface area contributed by atoms with E-state index in [1.54, 1.807) is 20.3 Å². The van der Waals surface area contributed by atoms with Crippen molar-refractivity contribution in [2.45, 2.75) is 26.2 Å². The Morgan fingerprint density at radius 1 is 1.16 bits per heavy atom. The molecule has 0 amide bonds. The normalized spacial score (nSPS) is 9.95. The molecule has 0 N–H and O–H groups in total. The first-order valence-corrected chi connectivity index (χ1v) is 10.7. The van der Waals surface area contributed by atoms with E-state index in [1.807, 2.05) is 6.07 Å². The fourth-order valence-corrected chi connectivity index (χ4v) is 2.36. The number of hydrogen-bond donors (Lipinski definition) is 0. The molecule has 0 saturated heterocycles. The second-order valence-electron chi connectivity index (χ2n) is 4.00. The van der Waals surface area contributed by atoms with E-state index in [0.717, 1.165) is 40.8 Å². The van der Waals surface area contributed by atoms with Crippen LogP contribution in [0.15, 0.2) is 34.7 Å². The number of benzene rings is 1. The summed E-state index contributed by atoms with van der Waals surface area (Å²) >= 11 is 8.24. The molecule has 0 saturated carbocycles. The molecule has 0 unspecified atom stereocenters. The summed E-state index contributed by atoms with van der Waals surface area (Å²) in [7, 11) is 0. The molecule has 1 aromatic carbocycles. The SMILES string of the molecule is CCCc1oc(CCI)[c-]c1-c1ccccc1.[Cu+][I]. The number of furan rings is 1. The van der Waals surface area contributed by atoms with Gasteiger partial charge in [0.05, 0.1) is 0 Å². The van der Waals surface area contributed by atoms with Crippen LogP contribution in [0.4, 0.5) is 0 Å². The molecule has 0 fully saturated rings. The maximum atomic E-state index is 5.89. The van der Waals surface area contributed by atoms with Crippen LogP contribution in [0, 0.1) is 6.07 Å². The van der Waals surface area contributed by atoms with Gasteiger partial charge in [0.15, 0.2) is 0 Å². The van der Waals surface area contributed by atoms with Gasteiger partial charge in [-0.15, -0.1) is 29.3 Å². The van der Waals surface area contributed by atoms with Crippen LogP contribution in [0.1, 0.15) is 24.9 Å². The molecule has 2 rings (SSSR count). The molecule has 0 bridgehead atoms. The summed E-state index contributed by atoms with van der Waals surface area (Å²) in [6, 6.07) is 13.8. The second-order valence-corrected chi connectivity index (χ2v) is 5.08. The topological polar surface area (TPSA) is 13.1 Å². The minimum atomic E-state index is 0.962. The van der Waals surface area contributed by atoms with E-state index in [4.69, 9.17) is 4.42 Å². The van der Waals surface area contributed by atoms with Gasteiger partial charge < -0.3 is 4.42 Å². The number of halogens is 2. The number of alkyl halides is 1. The standard InChI is InChI=1S/C15H16IO.Cu.HI/c1-2-6-15-14(11-13(17-15)9-10-16)12-7-4-3-5-8-12;;/h3-5,7-8H,2,6,9-10H2,1H3;;1H/q-1;+2;/p-1. The van der Waals surface area contributed by atoms with Crippen LogP contribution in [0.2, 0.25) is 0 Å². The first kappa shape index (κ1) is 17.5. The number of hydrogen-bond acceptors (Lipinski definition) is 1. The Bertz CT molecular complexity index is 468. The van der Waals surface area contributed by atoms with Crippen LogP contribution in [0.5, 0.6) is 0 Å². The van der Waals surface area contributed by atoms with Crippen molar-refractivity contribution in [2.75, 3.05) is 4.43 Å². The molecule has 107 valence electrons.